The lowest BCUT2D eigenvalue weighted by Gasteiger charge is -2.20. The van der Waals surface area contributed by atoms with Gasteiger partial charge < -0.3 is 20.1 Å². The van der Waals surface area contributed by atoms with Crippen molar-refractivity contribution in [3.63, 3.8) is 0 Å². The van der Waals surface area contributed by atoms with E-state index in [4.69, 9.17) is 24.3 Å². The summed E-state index contributed by atoms with van der Waals surface area (Å²) in [6.07, 6.45) is 53.1. The molecule has 0 saturated heterocycles. The number of unbranched alkanes of at least 4 members (excludes halogenated alkanes) is 27. The Kier molecular flexibility index (Phi) is 44.8. The monoisotopic (exact) mass is 826 g/mol. The van der Waals surface area contributed by atoms with E-state index in [1.165, 1.54) is 154 Å². The number of hydrogen-bond donors (Lipinski definition) is 2. The van der Waals surface area contributed by atoms with Crippen LogP contribution in [0, 0.1) is 0 Å². The SMILES string of the molecule is CCCCCCC/C=C\C/C=C\CCCCCCCCCCCCCCOCC(COP(=O)(O)OCCN)OC(=O)CCCCCCC/C=C\CCCCCCC. The van der Waals surface area contributed by atoms with Crippen molar-refractivity contribution in [3.05, 3.63) is 36.5 Å². The first kappa shape index (κ1) is 55.7. The maximum atomic E-state index is 12.6. The summed E-state index contributed by atoms with van der Waals surface area (Å²) < 4.78 is 33.5. The first-order valence-corrected chi connectivity index (χ1v) is 25.5. The Morgan fingerprint density at radius 3 is 1.39 bits per heavy atom. The van der Waals surface area contributed by atoms with E-state index in [9.17, 15) is 14.3 Å². The molecule has 0 aromatic rings. The molecule has 0 fully saturated rings. The van der Waals surface area contributed by atoms with Crippen molar-refractivity contribution in [2.45, 2.75) is 232 Å². The van der Waals surface area contributed by atoms with E-state index in [1.807, 2.05) is 0 Å². The van der Waals surface area contributed by atoms with Crippen LogP contribution in [0.15, 0.2) is 36.5 Å². The zero-order valence-corrected chi connectivity index (χ0v) is 38.2. The number of rotatable bonds is 46. The summed E-state index contributed by atoms with van der Waals surface area (Å²) in [5, 5.41) is 0. The van der Waals surface area contributed by atoms with Crippen molar-refractivity contribution in [1.82, 2.24) is 0 Å². The Labute approximate surface area is 352 Å². The van der Waals surface area contributed by atoms with Crippen molar-refractivity contribution in [3.8, 4) is 0 Å². The maximum Gasteiger partial charge on any atom is 0.472 e. The number of ether oxygens (including phenoxy) is 2. The molecule has 0 aromatic heterocycles. The van der Waals surface area contributed by atoms with Crippen LogP contribution in [0.5, 0.6) is 0 Å². The Bertz CT molecular complexity index is 972. The molecule has 9 heteroatoms. The van der Waals surface area contributed by atoms with Crippen LogP contribution in [0.1, 0.15) is 226 Å². The molecule has 0 rings (SSSR count). The minimum absolute atomic E-state index is 0.0968. The van der Waals surface area contributed by atoms with Crippen molar-refractivity contribution in [2.75, 3.05) is 33.0 Å². The number of carbonyl (C=O) groups is 1. The number of hydrogen-bond acceptors (Lipinski definition) is 7. The number of phosphoric ester groups is 1. The second-order valence-electron chi connectivity index (χ2n) is 16.0. The minimum atomic E-state index is -4.28. The van der Waals surface area contributed by atoms with Gasteiger partial charge in [0.05, 0.1) is 19.8 Å². The average Bonchev–Trinajstić information content (AvgIpc) is 3.20. The highest BCUT2D eigenvalue weighted by Crippen LogP contribution is 2.43. The zero-order valence-electron chi connectivity index (χ0n) is 37.3. The van der Waals surface area contributed by atoms with Gasteiger partial charge in [0.25, 0.3) is 0 Å². The Hall–Kier alpha value is -1.28. The van der Waals surface area contributed by atoms with Gasteiger partial charge in [-0.1, -0.05) is 185 Å². The highest BCUT2D eigenvalue weighted by atomic mass is 31.2. The summed E-state index contributed by atoms with van der Waals surface area (Å²) in [5.74, 6) is -0.338. The van der Waals surface area contributed by atoms with Gasteiger partial charge in [-0.15, -0.1) is 0 Å². The van der Waals surface area contributed by atoms with Gasteiger partial charge in [0.2, 0.25) is 0 Å². The van der Waals surface area contributed by atoms with Gasteiger partial charge >= 0.3 is 13.8 Å². The lowest BCUT2D eigenvalue weighted by molar-refractivity contribution is -0.154. The van der Waals surface area contributed by atoms with Crippen LogP contribution in [-0.2, 0) is 27.9 Å². The quantitative estimate of drug-likeness (QED) is 0.0270. The molecule has 2 unspecified atom stereocenters. The Morgan fingerprint density at radius 1 is 0.526 bits per heavy atom. The molecule has 0 aliphatic carbocycles. The predicted molar refractivity (Wildman–Crippen MR) is 243 cm³/mol. The van der Waals surface area contributed by atoms with Crippen LogP contribution < -0.4 is 5.73 Å². The molecule has 0 saturated carbocycles. The Balaban J connectivity index is 3.93. The lowest BCUT2D eigenvalue weighted by atomic mass is 10.0. The summed E-state index contributed by atoms with van der Waals surface area (Å²) >= 11 is 0. The highest BCUT2D eigenvalue weighted by Gasteiger charge is 2.25. The zero-order chi connectivity index (χ0) is 41.6. The van der Waals surface area contributed by atoms with E-state index in [-0.39, 0.29) is 32.3 Å². The third kappa shape index (κ3) is 45.7. The summed E-state index contributed by atoms with van der Waals surface area (Å²) in [7, 11) is -4.28. The van der Waals surface area contributed by atoms with E-state index in [1.54, 1.807) is 0 Å². The Morgan fingerprint density at radius 2 is 0.930 bits per heavy atom. The molecule has 0 heterocycles. The fourth-order valence-electron chi connectivity index (χ4n) is 6.73. The van der Waals surface area contributed by atoms with Gasteiger partial charge in [-0.25, -0.2) is 4.57 Å². The molecule has 336 valence electrons. The van der Waals surface area contributed by atoms with Gasteiger partial charge in [0.15, 0.2) is 0 Å². The molecule has 0 aliphatic rings. The number of phosphoric acid groups is 1. The second-order valence-corrected chi connectivity index (χ2v) is 17.4. The molecule has 3 N–H and O–H groups in total. The van der Waals surface area contributed by atoms with Gasteiger partial charge in [-0.05, 0) is 70.6 Å². The van der Waals surface area contributed by atoms with Gasteiger partial charge in [0.1, 0.15) is 6.10 Å². The number of esters is 1. The topological polar surface area (TPSA) is 117 Å². The van der Waals surface area contributed by atoms with Crippen molar-refractivity contribution >= 4 is 13.8 Å². The van der Waals surface area contributed by atoms with Crippen LogP contribution in [0.2, 0.25) is 0 Å². The molecule has 0 aromatic carbocycles. The van der Waals surface area contributed by atoms with Crippen LogP contribution in [0.4, 0.5) is 0 Å². The van der Waals surface area contributed by atoms with Crippen molar-refractivity contribution < 1.29 is 32.8 Å². The first-order chi connectivity index (χ1) is 27.9. The van der Waals surface area contributed by atoms with E-state index in [0.717, 1.165) is 51.4 Å². The molecular formula is C48H92NO7P. The van der Waals surface area contributed by atoms with Gasteiger partial charge in [-0.2, -0.15) is 0 Å². The van der Waals surface area contributed by atoms with E-state index in [0.29, 0.717) is 13.0 Å². The number of carbonyl (C=O) groups excluding carboxylic acids is 1. The fraction of sp³-hybridized carbons (Fsp3) is 0.854. The summed E-state index contributed by atoms with van der Waals surface area (Å²) in [6.45, 7) is 4.91. The average molecular weight is 826 g/mol. The van der Waals surface area contributed by atoms with Crippen molar-refractivity contribution in [2.24, 2.45) is 5.73 Å². The van der Waals surface area contributed by atoms with Crippen LogP contribution in [-0.4, -0.2) is 49.9 Å². The highest BCUT2D eigenvalue weighted by molar-refractivity contribution is 7.47. The second kappa shape index (κ2) is 45.8. The molecule has 0 radical (unpaired) electrons. The van der Waals surface area contributed by atoms with Gasteiger partial charge in [-0.3, -0.25) is 13.8 Å². The summed E-state index contributed by atoms with van der Waals surface area (Å²) in [5.41, 5.74) is 5.38. The molecule has 8 nitrogen and oxygen atoms in total. The van der Waals surface area contributed by atoms with E-state index in [2.05, 4.69) is 50.3 Å². The molecular weight excluding hydrogens is 734 g/mol. The van der Waals surface area contributed by atoms with Gasteiger partial charge in [0, 0.05) is 19.6 Å². The molecule has 57 heavy (non-hydrogen) atoms. The lowest BCUT2D eigenvalue weighted by Crippen LogP contribution is -2.28. The number of nitrogens with two attached hydrogens (primary N) is 1. The van der Waals surface area contributed by atoms with Crippen LogP contribution in [0.3, 0.4) is 0 Å². The van der Waals surface area contributed by atoms with Crippen molar-refractivity contribution in [1.29, 1.82) is 0 Å². The fourth-order valence-corrected chi connectivity index (χ4v) is 7.49. The molecule has 0 amide bonds. The maximum absolute atomic E-state index is 12.6. The molecule has 0 bridgehead atoms. The summed E-state index contributed by atoms with van der Waals surface area (Å²) in [4.78, 5) is 22.5. The third-order valence-electron chi connectivity index (χ3n) is 10.3. The smallest absolute Gasteiger partial charge is 0.457 e. The van der Waals surface area contributed by atoms with E-state index < -0.39 is 13.9 Å². The third-order valence-corrected chi connectivity index (χ3v) is 11.3. The predicted octanol–water partition coefficient (Wildman–Crippen LogP) is 14.6. The van der Waals surface area contributed by atoms with Crippen LogP contribution >= 0.6 is 7.82 Å². The largest absolute Gasteiger partial charge is 0.472 e. The normalized spacial score (nSPS) is 13.7. The minimum Gasteiger partial charge on any atom is -0.457 e. The molecule has 0 spiro atoms. The molecule has 0 aliphatic heterocycles. The van der Waals surface area contributed by atoms with Crippen LogP contribution in [0.25, 0.3) is 0 Å². The molecule has 2 atom stereocenters. The standard InChI is InChI=1S/C48H92NO7P/c1-3-5-7-9-11-13-15-17-19-20-21-22-23-24-25-26-27-28-30-32-34-36-38-40-43-53-45-47(46-55-57(51,52)54-44-42-49)56-48(50)41-39-37-35-33-31-29-18-16-14-12-10-8-6-4-2/h15-18,20-21,47H,3-14,19,22-46,49H2,1-2H3,(H,51,52)/b17-15-,18-16-,21-20-. The summed E-state index contributed by atoms with van der Waals surface area (Å²) in [6, 6.07) is 0. The number of allylic oxidation sites excluding steroid dienone is 6. The van der Waals surface area contributed by atoms with E-state index >= 15 is 0 Å². The first-order valence-electron chi connectivity index (χ1n) is 24.0.